The van der Waals surface area contributed by atoms with Crippen molar-refractivity contribution in [2.24, 2.45) is 0 Å². The average Bonchev–Trinajstić information content (AvgIpc) is 3.51. The van der Waals surface area contributed by atoms with Gasteiger partial charge in [0.15, 0.2) is 0 Å². The van der Waals surface area contributed by atoms with Crippen LogP contribution in [0, 0.1) is 0 Å². The van der Waals surface area contributed by atoms with Crippen molar-refractivity contribution in [3.8, 4) is 16.9 Å². The van der Waals surface area contributed by atoms with Crippen molar-refractivity contribution in [3.05, 3.63) is 88.4 Å². The quantitative estimate of drug-likeness (QED) is 0.196. The number of benzene rings is 3. The molecule has 0 aromatic heterocycles. The molecule has 41 heavy (non-hydrogen) atoms. The summed E-state index contributed by atoms with van der Waals surface area (Å²) in [6.45, 7) is 1.11. The largest absolute Gasteiger partial charge is 0.492 e. The van der Waals surface area contributed by atoms with Crippen LogP contribution in [-0.4, -0.2) is 56.6 Å². The van der Waals surface area contributed by atoms with Gasteiger partial charge in [0.05, 0.1) is 11.9 Å². The van der Waals surface area contributed by atoms with Crippen molar-refractivity contribution in [1.82, 2.24) is 10.0 Å². The fourth-order valence-corrected chi connectivity index (χ4v) is 6.28. The molecule has 1 atom stereocenters. The Hall–Kier alpha value is -2.95. The highest BCUT2D eigenvalue weighted by Crippen LogP contribution is 2.38. The molecule has 0 spiro atoms. The van der Waals surface area contributed by atoms with Crippen LogP contribution < -0.4 is 14.8 Å². The smallest absolute Gasteiger partial charge is 0.265 e. The van der Waals surface area contributed by atoms with E-state index in [0.717, 1.165) is 47.9 Å². The molecule has 3 aromatic rings. The maximum atomic E-state index is 13.0. The molecule has 1 saturated carbocycles. The second-order valence-electron chi connectivity index (χ2n) is 10.3. The number of rotatable bonds is 14. The highest BCUT2D eigenvalue weighted by Gasteiger charge is 2.25. The van der Waals surface area contributed by atoms with Gasteiger partial charge in [-0.2, -0.15) is 0 Å². The maximum Gasteiger partial charge on any atom is 0.265 e. The first-order chi connectivity index (χ1) is 19.8. The van der Waals surface area contributed by atoms with Gasteiger partial charge in [-0.15, -0.1) is 0 Å². The van der Waals surface area contributed by atoms with Crippen LogP contribution in [0.5, 0.6) is 5.75 Å². The number of aliphatic hydroxyl groups is 2. The van der Waals surface area contributed by atoms with E-state index in [9.17, 15) is 18.3 Å². The summed E-state index contributed by atoms with van der Waals surface area (Å²) in [5.74, 6) is -0.0233. The lowest BCUT2D eigenvalue weighted by molar-refractivity contribution is 0.0980. The van der Waals surface area contributed by atoms with Gasteiger partial charge in [0, 0.05) is 30.3 Å². The maximum absolute atomic E-state index is 13.0. The van der Waals surface area contributed by atoms with Crippen LogP contribution in [0.1, 0.15) is 65.6 Å². The Morgan fingerprint density at radius 2 is 1.76 bits per heavy atom. The molecule has 1 fully saturated rings. The second-order valence-corrected chi connectivity index (χ2v) is 12.5. The van der Waals surface area contributed by atoms with E-state index in [-0.39, 0.29) is 24.7 Å². The predicted molar refractivity (Wildman–Crippen MR) is 161 cm³/mol. The molecular weight excluding hydrogens is 564 g/mol. The van der Waals surface area contributed by atoms with Gasteiger partial charge in [0.2, 0.25) is 10.0 Å². The molecule has 4 rings (SSSR count). The van der Waals surface area contributed by atoms with Gasteiger partial charge in [-0.05, 0) is 77.8 Å². The number of hydrogen-bond acceptors (Lipinski definition) is 7. The van der Waals surface area contributed by atoms with Gasteiger partial charge >= 0.3 is 0 Å². The van der Waals surface area contributed by atoms with E-state index < -0.39 is 22.0 Å². The summed E-state index contributed by atoms with van der Waals surface area (Å²) >= 11 is 5.99. The SMILES string of the molecule is O=C(NS(=O)(=O)CCCO)c1ccc(-c2ccc(OCCNC[C@H](O)c3cccc(Cl)c3)cc2)cc1C1CCCC1. The minimum Gasteiger partial charge on any atom is -0.492 e. The standard InChI is InChI=1S/C31H37ClN2O6S/c32-26-8-3-7-25(19-26)30(36)21-33-15-17-40-27-12-9-22(10-13-27)24-11-14-28(29(20-24)23-5-1-2-6-23)31(37)34-41(38,39)18-4-16-35/h3,7-14,19-20,23,30,33,35-36H,1-2,4-6,15-18,21H2,(H,34,37)/t30-/m0/s1. The van der Waals surface area contributed by atoms with E-state index in [1.807, 2.05) is 48.5 Å². The van der Waals surface area contributed by atoms with Crippen molar-refractivity contribution in [1.29, 1.82) is 0 Å². The molecule has 220 valence electrons. The lowest BCUT2D eigenvalue weighted by atomic mass is 9.89. The number of ether oxygens (including phenoxy) is 1. The van der Waals surface area contributed by atoms with Gasteiger partial charge in [0.1, 0.15) is 12.4 Å². The van der Waals surface area contributed by atoms with Crippen molar-refractivity contribution in [3.63, 3.8) is 0 Å². The summed E-state index contributed by atoms with van der Waals surface area (Å²) in [5, 5.41) is 23.0. The Bertz CT molecular complexity index is 1410. The van der Waals surface area contributed by atoms with Crippen LogP contribution in [0.3, 0.4) is 0 Å². The number of nitrogens with one attached hydrogen (secondary N) is 2. The topological polar surface area (TPSA) is 125 Å². The zero-order chi connectivity index (χ0) is 29.2. The van der Waals surface area contributed by atoms with Crippen molar-refractivity contribution < 1.29 is 28.2 Å². The molecule has 0 bridgehead atoms. The predicted octanol–water partition coefficient (Wildman–Crippen LogP) is 4.81. The van der Waals surface area contributed by atoms with Crippen LogP contribution in [-0.2, 0) is 10.0 Å². The molecule has 1 aliphatic rings. The van der Waals surface area contributed by atoms with Gasteiger partial charge in [0.25, 0.3) is 5.91 Å². The first-order valence-corrected chi connectivity index (χ1v) is 16.0. The molecule has 4 N–H and O–H groups in total. The molecule has 0 unspecified atom stereocenters. The Morgan fingerprint density at radius 3 is 2.46 bits per heavy atom. The summed E-state index contributed by atoms with van der Waals surface area (Å²) in [4.78, 5) is 13.0. The fourth-order valence-electron chi connectivity index (χ4n) is 5.08. The van der Waals surface area contributed by atoms with E-state index in [4.69, 9.17) is 21.4 Å². The van der Waals surface area contributed by atoms with E-state index >= 15 is 0 Å². The fraction of sp³-hybridized carbons (Fsp3) is 0.387. The molecular formula is C31H37ClN2O6S. The Kier molecular flexibility index (Phi) is 11.2. The lowest BCUT2D eigenvalue weighted by Gasteiger charge is -2.17. The third-order valence-electron chi connectivity index (χ3n) is 7.22. The van der Waals surface area contributed by atoms with Crippen LogP contribution in [0.15, 0.2) is 66.7 Å². The first kappa shape index (κ1) is 31.0. The zero-order valence-corrected chi connectivity index (χ0v) is 24.5. The highest BCUT2D eigenvalue weighted by atomic mass is 35.5. The summed E-state index contributed by atoms with van der Waals surface area (Å²) in [6.07, 6.45) is 3.47. The third kappa shape index (κ3) is 9.02. The van der Waals surface area contributed by atoms with E-state index in [1.165, 1.54) is 0 Å². The molecule has 1 aliphatic carbocycles. The number of aliphatic hydroxyl groups excluding tert-OH is 2. The van der Waals surface area contributed by atoms with Crippen molar-refractivity contribution >= 4 is 27.5 Å². The molecule has 0 saturated heterocycles. The molecule has 8 nitrogen and oxygen atoms in total. The van der Waals surface area contributed by atoms with Crippen LogP contribution in [0.2, 0.25) is 5.02 Å². The van der Waals surface area contributed by atoms with Gasteiger partial charge in [-0.1, -0.05) is 60.8 Å². The van der Waals surface area contributed by atoms with Crippen LogP contribution in [0.25, 0.3) is 11.1 Å². The van der Waals surface area contributed by atoms with Gasteiger partial charge in [-0.25, -0.2) is 13.1 Å². The molecule has 3 aromatic carbocycles. The molecule has 0 heterocycles. The number of amides is 1. The van der Waals surface area contributed by atoms with Crippen LogP contribution in [0.4, 0.5) is 0 Å². The normalized spacial score (nSPS) is 14.6. The molecule has 1 amide bonds. The van der Waals surface area contributed by atoms with Crippen molar-refractivity contribution in [2.45, 2.75) is 44.1 Å². The van der Waals surface area contributed by atoms with Gasteiger partial charge in [-0.3, -0.25) is 4.79 Å². The Morgan fingerprint density at radius 1 is 1.02 bits per heavy atom. The summed E-state index contributed by atoms with van der Waals surface area (Å²) in [5.41, 5.74) is 3.90. The molecule has 0 radical (unpaired) electrons. The second kappa shape index (κ2) is 14.8. The monoisotopic (exact) mass is 600 g/mol. The summed E-state index contributed by atoms with van der Waals surface area (Å²) in [7, 11) is -3.82. The van der Waals surface area contributed by atoms with Gasteiger partial charge < -0.3 is 20.3 Å². The molecule has 0 aliphatic heterocycles. The minimum absolute atomic E-state index is 0.0698. The van der Waals surface area contributed by atoms with Crippen LogP contribution >= 0.6 is 11.6 Å². The highest BCUT2D eigenvalue weighted by molar-refractivity contribution is 7.90. The Labute approximate surface area is 246 Å². The summed E-state index contributed by atoms with van der Waals surface area (Å²) < 4.78 is 32.5. The van der Waals surface area contributed by atoms with Crippen molar-refractivity contribution in [2.75, 3.05) is 32.1 Å². The van der Waals surface area contributed by atoms with E-state index in [2.05, 4.69) is 10.0 Å². The summed E-state index contributed by atoms with van der Waals surface area (Å²) in [6, 6.07) is 20.4. The van der Waals surface area contributed by atoms with E-state index in [1.54, 1.807) is 18.2 Å². The number of halogens is 1. The van der Waals surface area contributed by atoms with E-state index in [0.29, 0.717) is 36.0 Å². The lowest BCUT2D eigenvalue weighted by Crippen LogP contribution is -2.33. The number of hydrogen-bond donors (Lipinski definition) is 4. The average molecular weight is 601 g/mol. The third-order valence-corrected chi connectivity index (χ3v) is 8.77. The minimum atomic E-state index is -3.82. The first-order valence-electron chi connectivity index (χ1n) is 13.9. The number of carbonyl (C=O) groups is 1. The Balaban J connectivity index is 1.36. The number of sulfonamides is 1. The molecule has 10 heteroatoms. The number of carbonyl (C=O) groups excluding carboxylic acids is 1. The zero-order valence-electron chi connectivity index (χ0n) is 22.9.